The van der Waals surface area contributed by atoms with Crippen molar-refractivity contribution in [3.63, 3.8) is 0 Å². The Balaban J connectivity index is 1.41. The van der Waals surface area contributed by atoms with Crippen molar-refractivity contribution in [1.29, 1.82) is 0 Å². The molecule has 2 aromatic carbocycles. The molecule has 0 saturated heterocycles. The van der Waals surface area contributed by atoms with Gasteiger partial charge in [-0.3, -0.25) is 15.6 Å². The Morgan fingerprint density at radius 2 is 1.96 bits per heavy atom. The van der Waals surface area contributed by atoms with Crippen LogP contribution in [0.1, 0.15) is 11.1 Å². The predicted octanol–water partition coefficient (Wildman–Crippen LogP) is 1.66. The van der Waals surface area contributed by atoms with Crippen molar-refractivity contribution in [2.75, 3.05) is 13.9 Å². The van der Waals surface area contributed by atoms with Crippen LogP contribution in [0.5, 0.6) is 17.2 Å². The van der Waals surface area contributed by atoms with Gasteiger partial charge in [0.25, 0.3) is 0 Å². The van der Waals surface area contributed by atoms with E-state index in [1.807, 2.05) is 42.5 Å². The predicted molar refractivity (Wildman–Crippen MR) is 100.0 cm³/mol. The van der Waals surface area contributed by atoms with Crippen molar-refractivity contribution in [2.24, 2.45) is 0 Å². The van der Waals surface area contributed by atoms with Crippen molar-refractivity contribution in [2.45, 2.75) is 13.0 Å². The summed E-state index contributed by atoms with van der Waals surface area (Å²) in [4.78, 5) is 12.0. The Morgan fingerprint density at radius 1 is 1.12 bits per heavy atom. The van der Waals surface area contributed by atoms with Gasteiger partial charge >= 0.3 is 0 Å². The van der Waals surface area contributed by atoms with Crippen LogP contribution in [0.4, 0.5) is 0 Å². The maximum atomic E-state index is 12.0. The van der Waals surface area contributed by atoms with E-state index in [0.717, 1.165) is 22.6 Å². The number of benzene rings is 2. The zero-order valence-electron chi connectivity index (χ0n) is 14.2. The highest BCUT2D eigenvalue weighted by atomic mass is 32.1. The first kappa shape index (κ1) is 17.8. The van der Waals surface area contributed by atoms with Crippen LogP contribution in [0.2, 0.25) is 0 Å². The van der Waals surface area contributed by atoms with E-state index in [1.54, 1.807) is 7.11 Å². The molecule has 0 spiro atoms. The highest BCUT2D eigenvalue weighted by molar-refractivity contribution is 7.80. The first-order valence-corrected chi connectivity index (χ1v) is 8.39. The Kier molecular flexibility index (Phi) is 5.75. The summed E-state index contributed by atoms with van der Waals surface area (Å²) in [7, 11) is 1.59. The lowest BCUT2D eigenvalue weighted by Gasteiger charge is -2.12. The summed E-state index contributed by atoms with van der Waals surface area (Å²) in [6, 6.07) is 13.0. The second-order valence-electron chi connectivity index (χ2n) is 5.57. The van der Waals surface area contributed by atoms with E-state index in [1.165, 1.54) is 0 Å². The fraction of sp³-hybridized carbons (Fsp3) is 0.222. The summed E-state index contributed by atoms with van der Waals surface area (Å²) in [6.07, 6.45) is 0.217. The van der Waals surface area contributed by atoms with Crippen LogP contribution in [0, 0.1) is 0 Å². The molecule has 0 atom stereocenters. The molecule has 1 aliphatic rings. The molecule has 136 valence electrons. The molecule has 1 amide bonds. The number of hydrogen-bond donors (Lipinski definition) is 3. The molecule has 0 aliphatic carbocycles. The van der Waals surface area contributed by atoms with E-state index in [9.17, 15) is 4.79 Å². The van der Waals surface area contributed by atoms with E-state index in [2.05, 4.69) is 16.2 Å². The maximum absolute atomic E-state index is 12.0. The maximum Gasteiger partial charge on any atom is 0.242 e. The topological polar surface area (TPSA) is 80.9 Å². The van der Waals surface area contributed by atoms with Crippen LogP contribution in [0.25, 0.3) is 0 Å². The summed E-state index contributed by atoms with van der Waals surface area (Å²) < 4.78 is 15.7. The molecule has 7 nitrogen and oxygen atoms in total. The molecule has 8 heteroatoms. The van der Waals surface area contributed by atoms with Gasteiger partial charge in [0.1, 0.15) is 5.75 Å². The van der Waals surface area contributed by atoms with Gasteiger partial charge < -0.3 is 19.5 Å². The Morgan fingerprint density at radius 3 is 2.81 bits per heavy atom. The van der Waals surface area contributed by atoms with Gasteiger partial charge in [0.15, 0.2) is 16.6 Å². The molecule has 1 aliphatic heterocycles. The molecular weight excluding hydrogens is 354 g/mol. The number of hydrogen-bond acceptors (Lipinski definition) is 5. The molecular formula is C18H19N3O4S. The first-order chi connectivity index (χ1) is 12.6. The molecule has 0 aromatic heterocycles. The van der Waals surface area contributed by atoms with E-state index in [-0.39, 0.29) is 19.1 Å². The fourth-order valence-electron chi connectivity index (χ4n) is 2.42. The van der Waals surface area contributed by atoms with Crippen LogP contribution in [0.15, 0.2) is 42.5 Å². The number of amides is 1. The van der Waals surface area contributed by atoms with Crippen LogP contribution in [-0.4, -0.2) is 24.9 Å². The number of methoxy groups -OCH3 is 1. The molecule has 0 unspecified atom stereocenters. The highest BCUT2D eigenvalue weighted by Gasteiger charge is 2.13. The highest BCUT2D eigenvalue weighted by Crippen LogP contribution is 2.32. The fourth-order valence-corrected chi connectivity index (χ4v) is 2.54. The van der Waals surface area contributed by atoms with Crippen LogP contribution in [0.3, 0.4) is 0 Å². The Hall–Kier alpha value is -3.00. The van der Waals surface area contributed by atoms with E-state index >= 15 is 0 Å². The van der Waals surface area contributed by atoms with Crippen LogP contribution >= 0.6 is 12.2 Å². The van der Waals surface area contributed by atoms with Crippen molar-refractivity contribution < 1.29 is 19.0 Å². The van der Waals surface area contributed by atoms with Gasteiger partial charge in [-0.25, -0.2) is 0 Å². The molecule has 0 bridgehead atoms. The summed E-state index contributed by atoms with van der Waals surface area (Å²) >= 11 is 5.16. The quantitative estimate of drug-likeness (QED) is 0.543. The lowest BCUT2D eigenvalue weighted by molar-refractivity contribution is -0.121. The largest absolute Gasteiger partial charge is 0.497 e. The Bertz CT molecular complexity index is 813. The number of thiocarbonyl (C=S) groups is 1. The van der Waals surface area contributed by atoms with Crippen molar-refractivity contribution in [1.82, 2.24) is 16.2 Å². The van der Waals surface area contributed by atoms with Crippen LogP contribution in [-0.2, 0) is 17.8 Å². The second-order valence-corrected chi connectivity index (χ2v) is 5.98. The second kappa shape index (κ2) is 8.39. The van der Waals surface area contributed by atoms with Crippen molar-refractivity contribution in [3.8, 4) is 17.2 Å². The zero-order chi connectivity index (χ0) is 18.4. The molecule has 3 rings (SSSR count). The minimum atomic E-state index is -0.203. The summed E-state index contributed by atoms with van der Waals surface area (Å²) in [6.45, 7) is 0.736. The van der Waals surface area contributed by atoms with Crippen molar-refractivity contribution >= 4 is 23.2 Å². The number of carbonyl (C=O) groups excluding carboxylic acids is 1. The van der Waals surface area contributed by atoms with Gasteiger partial charge in [-0.05, 0) is 47.6 Å². The average Bonchev–Trinajstić information content (AvgIpc) is 3.12. The molecule has 1 heterocycles. The summed E-state index contributed by atoms with van der Waals surface area (Å²) in [5.41, 5.74) is 7.09. The van der Waals surface area contributed by atoms with Gasteiger partial charge in [-0.1, -0.05) is 18.2 Å². The van der Waals surface area contributed by atoms with Gasteiger partial charge in [0.05, 0.1) is 13.5 Å². The number of rotatable bonds is 5. The molecule has 0 radical (unpaired) electrons. The smallest absolute Gasteiger partial charge is 0.242 e. The number of hydrazine groups is 1. The third-order valence-electron chi connectivity index (χ3n) is 3.70. The van der Waals surface area contributed by atoms with E-state index in [4.69, 9.17) is 26.4 Å². The van der Waals surface area contributed by atoms with Gasteiger partial charge in [0.2, 0.25) is 12.7 Å². The summed E-state index contributed by atoms with van der Waals surface area (Å²) in [5.74, 6) is 1.96. The van der Waals surface area contributed by atoms with E-state index < -0.39 is 0 Å². The number of fused-ring (bicyclic) bond motifs is 1. The number of carbonyl (C=O) groups is 1. The van der Waals surface area contributed by atoms with Crippen molar-refractivity contribution in [3.05, 3.63) is 53.6 Å². The minimum Gasteiger partial charge on any atom is -0.497 e. The van der Waals surface area contributed by atoms with E-state index in [0.29, 0.717) is 17.4 Å². The standard InChI is InChI=1S/C18H19N3O4S/c1-23-14-4-2-3-12(7-14)9-17(22)20-21-18(26)19-10-13-5-6-15-16(8-13)25-11-24-15/h2-8H,9-11H2,1H3,(H,20,22)(H2,19,21,26). The minimum absolute atomic E-state index is 0.203. The normalized spacial score (nSPS) is 11.6. The third-order valence-corrected chi connectivity index (χ3v) is 3.95. The molecule has 3 N–H and O–H groups in total. The van der Waals surface area contributed by atoms with Crippen LogP contribution < -0.4 is 30.4 Å². The molecule has 0 saturated carbocycles. The lowest BCUT2D eigenvalue weighted by atomic mass is 10.1. The lowest BCUT2D eigenvalue weighted by Crippen LogP contribution is -2.47. The SMILES string of the molecule is COc1cccc(CC(=O)NNC(=S)NCc2ccc3c(c2)OCO3)c1. The van der Waals surface area contributed by atoms with Gasteiger partial charge in [-0.15, -0.1) is 0 Å². The third kappa shape index (κ3) is 4.76. The Labute approximate surface area is 156 Å². The summed E-state index contributed by atoms with van der Waals surface area (Å²) in [5, 5.41) is 3.34. The van der Waals surface area contributed by atoms with Gasteiger partial charge in [0, 0.05) is 6.54 Å². The number of nitrogens with one attached hydrogen (secondary N) is 3. The van der Waals surface area contributed by atoms with Gasteiger partial charge in [-0.2, -0.15) is 0 Å². The monoisotopic (exact) mass is 373 g/mol. The number of ether oxygens (including phenoxy) is 3. The molecule has 0 fully saturated rings. The average molecular weight is 373 g/mol. The molecule has 26 heavy (non-hydrogen) atoms. The molecule has 2 aromatic rings. The zero-order valence-corrected chi connectivity index (χ0v) is 15.0. The first-order valence-electron chi connectivity index (χ1n) is 7.98.